The Morgan fingerprint density at radius 2 is 1.71 bits per heavy atom. The summed E-state index contributed by atoms with van der Waals surface area (Å²) in [5.41, 5.74) is 3.21. The van der Waals surface area contributed by atoms with Crippen LogP contribution in [-0.4, -0.2) is 23.6 Å². The minimum atomic E-state index is -0.301. The summed E-state index contributed by atoms with van der Waals surface area (Å²) >= 11 is 1.71. The number of carbonyl (C=O) groups excluding carboxylic acids is 2. The molecule has 0 fully saturated rings. The quantitative estimate of drug-likeness (QED) is 0.613. The number of aryl methyl sites for hydroxylation is 1. The van der Waals surface area contributed by atoms with Crippen molar-refractivity contribution in [2.75, 3.05) is 17.7 Å². The SMILES string of the molecule is CNC(=O)Nc1cccc(NC(=O)c2c(-n3cccc3)sc3c2CCCC3)c1. The second kappa shape index (κ2) is 7.90. The molecule has 1 aromatic carbocycles. The molecule has 1 aliphatic rings. The van der Waals surface area contributed by atoms with Crippen molar-refractivity contribution in [3.63, 3.8) is 0 Å². The largest absolute Gasteiger partial charge is 0.341 e. The summed E-state index contributed by atoms with van der Waals surface area (Å²) in [6, 6.07) is 10.8. The van der Waals surface area contributed by atoms with Gasteiger partial charge in [-0.2, -0.15) is 0 Å². The molecule has 0 radical (unpaired) electrons. The zero-order valence-electron chi connectivity index (χ0n) is 15.6. The topological polar surface area (TPSA) is 75.2 Å². The number of aromatic nitrogens is 1. The van der Waals surface area contributed by atoms with Crippen LogP contribution in [0, 0.1) is 0 Å². The summed E-state index contributed by atoms with van der Waals surface area (Å²) in [5.74, 6) is -0.111. The third-order valence-electron chi connectivity index (χ3n) is 4.82. The molecular formula is C21H22N4O2S. The first-order valence-electron chi connectivity index (χ1n) is 9.33. The average Bonchev–Trinajstić information content (AvgIpc) is 3.35. The Labute approximate surface area is 167 Å². The second-order valence-electron chi connectivity index (χ2n) is 6.72. The normalized spacial score (nSPS) is 12.9. The molecule has 2 heterocycles. The second-order valence-corrected chi connectivity index (χ2v) is 7.80. The maximum Gasteiger partial charge on any atom is 0.318 e. The predicted octanol–water partition coefficient (Wildman–Crippen LogP) is 4.42. The van der Waals surface area contributed by atoms with Crippen molar-refractivity contribution in [1.29, 1.82) is 0 Å². The van der Waals surface area contributed by atoms with Gasteiger partial charge in [0.2, 0.25) is 0 Å². The molecule has 0 aliphatic heterocycles. The van der Waals surface area contributed by atoms with E-state index in [1.54, 1.807) is 36.6 Å². The van der Waals surface area contributed by atoms with E-state index in [-0.39, 0.29) is 11.9 Å². The van der Waals surface area contributed by atoms with E-state index < -0.39 is 0 Å². The van der Waals surface area contributed by atoms with Gasteiger partial charge in [0, 0.05) is 35.7 Å². The molecule has 0 spiro atoms. The van der Waals surface area contributed by atoms with Crippen molar-refractivity contribution in [1.82, 2.24) is 9.88 Å². The molecule has 1 aliphatic carbocycles. The first-order valence-corrected chi connectivity index (χ1v) is 10.2. The third kappa shape index (κ3) is 3.66. The molecule has 144 valence electrons. The van der Waals surface area contributed by atoms with Gasteiger partial charge in [0.05, 0.1) is 5.56 Å². The molecule has 4 rings (SSSR count). The summed E-state index contributed by atoms with van der Waals surface area (Å²) in [5, 5.41) is 9.21. The van der Waals surface area contributed by atoms with Gasteiger partial charge in [0.1, 0.15) is 5.00 Å². The van der Waals surface area contributed by atoms with Crippen LogP contribution in [0.25, 0.3) is 5.00 Å². The summed E-state index contributed by atoms with van der Waals surface area (Å²) in [4.78, 5) is 26.1. The van der Waals surface area contributed by atoms with Crippen LogP contribution in [0.3, 0.4) is 0 Å². The maximum atomic E-state index is 13.2. The zero-order chi connectivity index (χ0) is 19.5. The molecule has 3 aromatic rings. The number of hydrogen-bond donors (Lipinski definition) is 3. The van der Waals surface area contributed by atoms with E-state index >= 15 is 0 Å². The van der Waals surface area contributed by atoms with E-state index in [0.29, 0.717) is 11.4 Å². The maximum absolute atomic E-state index is 13.2. The van der Waals surface area contributed by atoms with Gasteiger partial charge in [-0.25, -0.2) is 4.79 Å². The van der Waals surface area contributed by atoms with Crippen LogP contribution in [0.4, 0.5) is 16.2 Å². The van der Waals surface area contributed by atoms with Crippen LogP contribution < -0.4 is 16.0 Å². The monoisotopic (exact) mass is 394 g/mol. The van der Waals surface area contributed by atoms with Crippen molar-refractivity contribution in [2.24, 2.45) is 0 Å². The van der Waals surface area contributed by atoms with E-state index in [1.165, 1.54) is 16.9 Å². The zero-order valence-corrected chi connectivity index (χ0v) is 16.4. The Kier molecular flexibility index (Phi) is 5.16. The fourth-order valence-electron chi connectivity index (χ4n) is 3.50. The van der Waals surface area contributed by atoms with Crippen LogP contribution in [0.1, 0.15) is 33.6 Å². The van der Waals surface area contributed by atoms with E-state index in [2.05, 4.69) is 16.0 Å². The van der Waals surface area contributed by atoms with Crippen molar-refractivity contribution in [2.45, 2.75) is 25.7 Å². The molecule has 3 amide bonds. The number of nitrogens with zero attached hydrogens (tertiary/aromatic N) is 1. The molecule has 0 saturated carbocycles. The third-order valence-corrected chi connectivity index (χ3v) is 6.13. The van der Waals surface area contributed by atoms with Gasteiger partial charge in [-0.1, -0.05) is 6.07 Å². The first kappa shape index (κ1) is 18.3. The molecular weight excluding hydrogens is 372 g/mol. The number of rotatable bonds is 4. The number of fused-ring (bicyclic) bond motifs is 1. The number of urea groups is 1. The summed E-state index contributed by atoms with van der Waals surface area (Å²) in [7, 11) is 1.56. The lowest BCUT2D eigenvalue weighted by Gasteiger charge is -2.14. The van der Waals surface area contributed by atoms with E-state index in [1.807, 2.05) is 35.2 Å². The number of amides is 3. The van der Waals surface area contributed by atoms with Crippen LogP contribution in [0.5, 0.6) is 0 Å². The molecule has 7 heteroatoms. The Balaban J connectivity index is 1.64. The fourth-order valence-corrected chi connectivity index (χ4v) is 4.85. The minimum Gasteiger partial charge on any atom is -0.341 e. The van der Waals surface area contributed by atoms with Gasteiger partial charge in [-0.15, -0.1) is 11.3 Å². The lowest BCUT2D eigenvalue weighted by Crippen LogP contribution is -2.24. The van der Waals surface area contributed by atoms with Crippen molar-refractivity contribution in [3.05, 3.63) is 64.8 Å². The summed E-state index contributed by atoms with van der Waals surface area (Å²) < 4.78 is 2.02. The summed E-state index contributed by atoms with van der Waals surface area (Å²) in [6.45, 7) is 0. The lowest BCUT2D eigenvalue weighted by molar-refractivity contribution is 0.102. The van der Waals surface area contributed by atoms with Gasteiger partial charge < -0.3 is 20.5 Å². The van der Waals surface area contributed by atoms with Crippen molar-refractivity contribution >= 4 is 34.6 Å². The fraction of sp³-hybridized carbons (Fsp3) is 0.238. The molecule has 6 nitrogen and oxygen atoms in total. The van der Waals surface area contributed by atoms with Gasteiger partial charge in [0.25, 0.3) is 5.91 Å². The van der Waals surface area contributed by atoms with Gasteiger partial charge in [-0.3, -0.25) is 4.79 Å². The van der Waals surface area contributed by atoms with Crippen LogP contribution in [0.2, 0.25) is 0 Å². The van der Waals surface area contributed by atoms with Crippen LogP contribution in [-0.2, 0) is 12.8 Å². The van der Waals surface area contributed by atoms with E-state index in [4.69, 9.17) is 0 Å². The van der Waals surface area contributed by atoms with Crippen molar-refractivity contribution in [3.8, 4) is 5.00 Å². The van der Waals surface area contributed by atoms with E-state index in [0.717, 1.165) is 29.8 Å². The predicted molar refractivity (Wildman–Crippen MR) is 113 cm³/mol. The van der Waals surface area contributed by atoms with E-state index in [9.17, 15) is 9.59 Å². The number of carbonyl (C=O) groups is 2. The number of hydrogen-bond acceptors (Lipinski definition) is 3. The molecule has 0 saturated heterocycles. The van der Waals surface area contributed by atoms with Gasteiger partial charge in [0.15, 0.2) is 0 Å². The highest BCUT2D eigenvalue weighted by atomic mass is 32.1. The van der Waals surface area contributed by atoms with Gasteiger partial charge >= 0.3 is 6.03 Å². The summed E-state index contributed by atoms with van der Waals surface area (Å²) in [6.07, 6.45) is 8.21. The highest BCUT2D eigenvalue weighted by Crippen LogP contribution is 2.37. The molecule has 2 aromatic heterocycles. The van der Waals surface area contributed by atoms with Crippen LogP contribution >= 0.6 is 11.3 Å². The number of anilines is 2. The van der Waals surface area contributed by atoms with Gasteiger partial charge in [-0.05, 0) is 61.6 Å². The van der Waals surface area contributed by atoms with Crippen LogP contribution in [0.15, 0.2) is 48.8 Å². The molecule has 0 unspecified atom stereocenters. The Morgan fingerprint density at radius 3 is 2.46 bits per heavy atom. The molecule has 0 bridgehead atoms. The number of thiophene rings is 1. The molecule has 28 heavy (non-hydrogen) atoms. The molecule has 3 N–H and O–H groups in total. The smallest absolute Gasteiger partial charge is 0.318 e. The van der Waals surface area contributed by atoms with Crippen molar-refractivity contribution < 1.29 is 9.59 Å². The Morgan fingerprint density at radius 1 is 1.00 bits per heavy atom. The Bertz CT molecular complexity index is 1010. The number of nitrogens with one attached hydrogen (secondary N) is 3. The standard InChI is InChI=1S/C21H22N4O2S/c1-22-21(27)24-15-8-6-7-14(13-15)23-19(26)18-16-9-2-3-10-17(16)28-20(18)25-11-4-5-12-25/h4-8,11-13H,2-3,9-10H2,1H3,(H,23,26)(H2,22,24,27). The molecule has 0 atom stereocenters. The highest BCUT2D eigenvalue weighted by Gasteiger charge is 2.26. The lowest BCUT2D eigenvalue weighted by atomic mass is 9.95. The number of benzene rings is 1. The Hall–Kier alpha value is -3.06. The first-order chi connectivity index (χ1) is 13.7. The average molecular weight is 395 g/mol. The highest BCUT2D eigenvalue weighted by molar-refractivity contribution is 7.15. The minimum absolute atomic E-state index is 0.111.